The van der Waals surface area contributed by atoms with E-state index in [9.17, 15) is 4.79 Å². The lowest BCUT2D eigenvalue weighted by molar-refractivity contribution is -0.123. The van der Waals surface area contributed by atoms with Gasteiger partial charge in [0.2, 0.25) is 5.91 Å². The lowest BCUT2D eigenvalue weighted by Gasteiger charge is -2.30. The van der Waals surface area contributed by atoms with Crippen molar-refractivity contribution in [1.29, 1.82) is 0 Å². The fraction of sp³-hybridized carbons (Fsp3) is 0.533. The van der Waals surface area contributed by atoms with Gasteiger partial charge in [0.1, 0.15) is 5.75 Å². The van der Waals surface area contributed by atoms with Crippen LogP contribution in [0.25, 0.3) is 0 Å². The Morgan fingerprint density at radius 3 is 2.79 bits per heavy atom. The van der Waals surface area contributed by atoms with Gasteiger partial charge in [-0.2, -0.15) is 0 Å². The van der Waals surface area contributed by atoms with Crippen molar-refractivity contribution in [3.05, 3.63) is 23.8 Å². The van der Waals surface area contributed by atoms with Crippen LogP contribution in [-0.4, -0.2) is 31.6 Å². The van der Waals surface area contributed by atoms with Crippen LogP contribution >= 0.6 is 0 Å². The third-order valence-corrected chi connectivity index (χ3v) is 3.53. The molecule has 2 rings (SSSR count). The molecule has 0 radical (unpaired) electrons. The normalized spacial score (nSPS) is 19.2. The van der Waals surface area contributed by atoms with E-state index in [4.69, 9.17) is 4.74 Å². The van der Waals surface area contributed by atoms with Gasteiger partial charge in [-0.05, 0) is 51.4 Å². The van der Waals surface area contributed by atoms with Crippen molar-refractivity contribution in [2.75, 3.05) is 25.1 Å². The fourth-order valence-electron chi connectivity index (χ4n) is 2.39. The number of aryl methyl sites for hydroxylation is 1. The van der Waals surface area contributed by atoms with Crippen LogP contribution in [0.2, 0.25) is 0 Å². The Balaban J connectivity index is 2.44. The Morgan fingerprint density at radius 2 is 2.11 bits per heavy atom. The lowest BCUT2D eigenvalue weighted by Crippen LogP contribution is -2.51. The summed E-state index contributed by atoms with van der Waals surface area (Å²) in [7, 11) is 1.64. The average molecular weight is 262 g/mol. The van der Waals surface area contributed by atoms with Crippen molar-refractivity contribution in [2.45, 2.75) is 32.7 Å². The molecule has 4 heteroatoms. The number of anilines is 1. The minimum atomic E-state index is -0.536. The number of benzene rings is 1. The van der Waals surface area contributed by atoms with Gasteiger partial charge in [0.25, 0.3) is 0 Å². The Kier molecular flexibility index (Phi) is 3.80. The van der Waals surface area contributed by atoms with Gasteiger partial charge in [-0.3, -0.25) is 4.79 Å². The van der Waals surface area contributed by atoms with Gasteiger partial charge in [-0.15, -0.1) is 0 Å². The van der Waals surface area contributed by atoms with Crippen LogP contribution in [0.4, 0.5) is 5.69 Å². The number of ether oxygens (including phenoxy) is 1. The number of methoxy groups -OCH3 is 1. The summed E-state index contributed by atoms with van der Waals surface area (Å²) in [6, 6.07) is 5.93. The molecule has 1 amide bonds. The van der Waals surface area contributed by atoms with Crippen LogP contribution in [0.15, 0.2) is 18.2 Å². The lowest BCUT2D eigenvalue weighted by atomic mass is 10.0. The maximum absolute atomic E-state index is 12.7. The van der Waals surface area contributed by atoms with E-state index in [0.717, 1.165) is 36.5 Å². The van der Waals surface area contributed by atoms with Gasteiger partial charge in [0, 0.05) is 6.54 Å². The summed E-state index contributed by atoms with van der Waals surface area (Å²) in [4.78, 5) is 14.5. The molecule has 0 unspecified atom stereocenters. The van der Waals surface area contributed by atoms with Crippen molar-refractivity contribution in [1.82, 2.24) is 5.32 Å². The molecular weight excluding hydrogens is 240 g/mol. The van der Waals surface area contributed by atoms with Gasteiger partial charge < -0.3 is 15.0 Å². The van der Waals surface area contributed by atoms with Crippen molar-refractivity contribution in [3.63, 3.8) is 0 Å². The maximum Gasteiger partial charge on any atom is 0.246 e. The van der Waals surface area contributed by atoms with Crippen LogP contribution in [-0.2, 0) is 4.79 Å². The van der Waals surface area contributed by atoms with Crippen LogP contribution in [0.3, 0.4) is 0 Å². The Bertz CT molecular complexity index is 483. The zero-order valence-electron chi connectivity index (χ0n) is 12.1. The van der Waals surface area contributed by atoms with Crippen LogP contribution in [0.1, 0.15) is 25.8 Å². The number of nitrogens with one attached hydrogen (secondary N) is 1. The highest BCUT2D eigenvalue weighted by molar-refractivity contribution is 6.01. The van der Waals surface area contributed by atoms with Crippen molar-refractivity contribution in [2.24, 2.45) is 0 Å². The first-order valence-corrected chi connectivity index (χ1v) is 6.67. The van der Waals surface area contributed by atoms with Crippen molar-refractivity contribution < 1.29 is 9.53 Å². The number of amides is 1. The number of hydrogen-bond acceptors (Lipinski definition) is 3. The number of nitrogens with zero attached hydrogens (tertiary/aromatic N) is 1. The summed E-state index contributed by atoms with van der Waals surface area (Å²) in [6.45, 7) is 7.44. The molecule has 1 fully saturated rings. The third kappa shape index (κ3) is 2.73. The number of rotatable bonds is 2. The monoisotopic (exact) mass is 262 g/mol. The fourth-order valence-corrected chi connectivity index (χ4v) is 2.39. The van der Waals surface area contributed by atoms with E-state index in [-0.39, 0.29) is 5.91 Å². The summed E-state index contributed by atoms with van der Waals surface area (Å²) < 4.78 is 5.40. The smallest absolute Gasteiger partial charge is 0.246 e. The second kappa shape index (κ2) is 5.21. The molecule has 0 aromatic heterocycles. The van der Waals surface area contributed by atoms with Gasteiger partial charge in [0.15, 0.2) is 0 Å². The van der Waals surface area contributed by atoms with E-state index < -0.39 is 5.54 Å². The van der Waals surface area contributed by atoms with Crippen LogP contribution < -0.4 is 15.0 Å². The molecule has 0 spiro atoms. The number of carbonyl (C=O) groups is 1. The highest BCUT2D eigenvalue weighted by atomic mass is 16.5. The Morgan fingerprint density at radius 1 is 1.37 bits per heavy atom. The summed E-state index contributed by atoms with van der Waals surface area (Å²) in [6.07, 6.45) is 0.937. The summed E-state index contributed by atoms with van der Waals surface area (Å²) in [5.74, 6) is 0.838. The predicted molar refractivity (Wildman–Crippen MR) is 76.8 cm³/mol. The molecule has 104 valence electrons. The number of hydrogen-bond donors (Lipinski definition) is 1. The second-order valence-electron chi connectivity index (χ2n) is 5.54. The highest BCUT2D eigenvalue weighted by Gasteiger charge is 2.35. The molecule has 4 nitrogen and oxygen atoms in total. The summed E-state index contributed by atoms with van der Waals surface area (Å²) in [5.41, 5.74) is 1.45. The molecule has 0 atom stereocenters. The van der Waals surface area contributed by atoms with Crippen molar-refractivity contribution >= 4 is 11.6 Å². The largest absolute Gasteiger partial charge is 0.495 e. The van der Waals surface area contributed by atoms with Crippen molar-refractivity contribution in [3.8, 4) is 5.75 Å². The second-order valence-corrected chi connectivity index (χ2v) is 5.54. The van der Waals surface area contributed by atoms with Gasteiger partial charge in [0.05, 0.1) is 18.3 Å². The van der Waals surface area contributed by atoms with Gasteiger partial charge in [-0.1, -0.05) is 6.07 Å². The molecule has 1 heterocycles. The Labute approximate surface area is 114 Å². The van der Waals surface area contributed by atoms with Gasteiger partial charge >= 0.3 is 0 Å². The Hall–Kier alpha value is -1.55. The average Bonchev–Trinajstić information content (AvgIpc) is 2.50. The highest BCUT2D eigenvalue weighted by Crippen LogP contribution is 2.31. The first kappa shape index (κ1) is 13.9. The minimum absolute atomic E-state index is 0.0916. The molecule has 0 aliphatic carbocycles. The van der Waals surface area contributed by atoms with Crippen LogP contribution in [0, 0.1) is 6.92 Å². The molecule has 1 aromatic rings. The molecular formula is C15H22N2O2. The van der Waals surface area contributed by atoms with E-state index in [1.165, 1.54) is 0 Å². The molecule has 1 aromatic carbocycles. The number of carbonyl (C=O) groups excluding carboxylic acids is 1. The zero-order valence-corrected chi connectivity index (χ0v) is 12.1. The standard InChI is InChI=1S/C15H22N2O2/c1-11-6-7-13(19-4)12(10-11)17-9-5-8-16-15(2,3)14(17)18/h6-7,10,16H,5,8-9H2,1-4H3. The molecule has 1 aliphatic rings. The van der Waals surface area contributed by atoms with E-state index in [1.54, 1.807) is 7.11 Å². The van der Waals surface area contributed by atoms with E-state index in [2.05, 4.69) is 5.32 Å². The minimum Gasteiger partial charge on any atom is -0.495 e. The SMILES string of the molecule is COc1ccc(C)cc1N1CCCNC(C)(C)C1=O. The molecule has 1 aliphatic heterocycles. The molecule has 0 bridgehead atoms. The third-order valence-electron chi connectivity index (χ3n) is 3.53. The molecule has 1 saturated heterocycles. The maximum atomic E-state index is 12.7. The van der Waals surface area contributed by atoms with Gasteiger partial charge in [-0.25, -0.2) is 0 Å². The quantitative estimate of drug-likeness (QED) is 0.887. The van der Waals surface area contributed by atoms with Crippen LogP contribution in [0.5, 0.6) is 5.75 Å². The molecule has 0 saturated carbocycles. The van der Waals surface area contributed by atoms with E-state index in [0.29, 0.717) is 0 Å². The first-order valence-electron chi connectivity index (χ1n) is 6.67. The molecule has 19 heavy (non-hydrogen) atoms. The first-order chi connectivity index (χ1) is 8.95. The zero-order chi connectivity index (χ0) is 14.0. The van der Waals surface area contributed by atoms with E-state index >= 15 is 0 Å². The topological polar surface area (TPSA) is 41.6 Å². The summed E-state index contributed by atoms with van der Waals surface area (Å²) in [5, 5.41) is 3.29. The molecule has 1 N–H and O–H groups in total. The predicted octanol–water partition coefficient (Wildman–Crippen LogP) is 2.11. The van der Waals surface area contributed by atoms with E-state index in [1.807, 2.05) is 43.9 Å². The summed E-state index contributed by atoms with van der Waals surface area (Å²) >= 11 is 0.